The lowest BCUT2D eigenvalue weighted by atomic mass is 9.99. The van der Waals surface area contributed by atoms with E-state index in [-0.39, 0.29) is 18.4 Å². The fraction of sp³-hybridized carbons (Fsp3) is 0.750. The van der Waals surface area contributed by atoms with E-state index in [1.54, 1.807) is 6.92 Å². The van der Waals surface area contributed by atoms with E-state index in [0.717, 1.165) is 6.42 Å². The predicted molar refractivity (Wildman–Crippen MR) is 63.9 cm³/mol. The highest BCUT2D eigenvalue weighted by molar-refractivity contribution is 5.80. The highest BCUT2D eigenvalue weighted by atomic mass is 19.3. The van der Waals surface area contributed by atoms with Crippen LogP contribution in [-0.2, 0) is 22.0 Å². The second-order valence-electron chi connectivity index (χ2n) is 5.19. The number of aromatic nitrogens is 2. The molecule has 1 aliphatic rings. The number of rotatable bonds is 4. The Kier molecular flexibility index (Phi) is 3.77. The third kappa shape index (κ3) is 2.65. The van der Waals surface area contributed by atoms with E-state index in [9.17, 15) is 13.6 Å². The largest absolute Gasteiger partial charge is 0.468 e. The number of carbonyl (C=O) groups excluding carboxylic acids is 1. The number of esters is 1. The van der Waals surface area contributed by atoms with Crippen molar-refractivity contribution in [1.82, 2.24) is 15.0 Å². The molecule has 0 N–H and O–H groups in total. The maximum atomic E-state index is 13.0. The normalized spacial score (nSPS) is 24.1. The molecule has 1 fully saturated rings. The molecule has 8 heteroatoms. The summed E-state index contributed by atoms with van der Waals surface area (Å²) in [5.41, 5.74) is -0.780. The molecule has 2 rings (SSSR count). The number of alkyl halides is 2. The summed E-state index contributed by atoms with van der Waals surface area (Å²) in [4.78, 5) is 17.3. The molecule has 0 aliphatic carbocycles. The number of hydrogen-bond donors (Lipinski definition) is 0. The zero-order valence-electron chi connectivity index (χ0n) is 11.7. The van der Waals surface area contributed by atoms with Gasteiger partial charge in [0, 0.05) is 6.92 Å². The Morgan fingerprint density at radius 3 is 2.85 bits per heavy atom. The fourth-order valence-corrected chi connectivity index (χ4v) is 2.38. The smallest absolute Gasteiger partial charge is 0.326 e. The lowest BCUT2D eigenvalue weighted by Crippen LogP contribution is -2.48. The molecule has 0 amide bonds. The standard InChI is InChI=1S/C12H17F2N3O3/c1-11(10(18)19-3)5-4-6-17(11)7-8-15-9(16-20-8)12(2,13)14/h4-7H2,1-3H3/t11-/m1/s1. The number of carbonyl (C=O) groups is 1. The number of halogens is 2. The summed E-state index contributed by atoms with van der Waals surface area (Å²) in [6.07, 6.45) is 1.46. The van der Waals surface area contributed by atoms with Crippen LogP contribution >= 0.6 is 0 Å². The van der Waals surface area contributed by atoms with Gasteiger partial charge in [0.25, 0.3) is 0 Å². The first-order valence-electron chi connectivity index (χ1n) is 6.32. The van der Waals surface area contributed by atoms with Crippen LogP contribution in [0.25, 0.3) is 0 Å². The van der Waals surface area contributed by atoms with Gasteiger partial charge in [-0.05, 0) is 26.3 Å². The summed E-state index contributed by atoms with van der Waals surface area (Å²) in [5, 5.41) is 3.26. The first kappa shape index (κ1) is 14.8. The first-order valence-corrected chi connectivity index (χ1v) is 6.32. The van der Waals surface area contributed by atoms with Crippen LogP contribution in [0.15, 0.2) is 4.52 Å². The van der Waals surface area contributed by atoms with Gasteiger partial charge < -0.3 is 9.26 Å². The summed E-state index contributed by atoms with van der Waals surface area (Å²) >= 11 is 0. The van der Waals surface area contributed by atoms with Gasteiger partial charge in [0.15, 0.2) is 0 Å². The Labute approximate surface area is 115 Å². The van der Waals surface area contributed by atoms with Gasteiger partial charge in [-0.1, -0.05) is 5.16 Å². The van der Waals surface area contributed by atoms with Gasteiger partial charge in [0.2, 0.25) is 11.7 Å². The van der Waals surface area contributed by atoms with E-state index in [2.05, 4.69) is 10.1 Å². The maximum Gasteiger partial charge on any atom is 0.326 e. The Morgan fingerprint density at radius 1 is 1.60 bits per heavy atom. The van der Waals surface area contributed by atoms with E-state index in [1.807, 2.05) is 4.90 Å². The highest BCUT2D eigenvalue weighted by Gasteiger charge is 2.45. The van der Waals surface area contributed by atoms with Crippen molar-refractivity contribution in [3.8, 4) is 0 Å². The molecule has 0 spiro atoms. The molecule has 1 saturated heterocycles. The molecule has 0 aromatic carbocycles. The number of hydrogen-bond acceptors (Lipinski definition) is 6. The first-order chi connectivity index (χ1) is 9.27. The fourth-order valence-electron chi connectivity index (χ4n) is 2.38. The zero-order valence-corrected chi connectivity index (χ0v) is 11.7. The van der Waals surface area contributed by atoms with Crippen molar-refractivity contribution in [1.29, 1.82) is 0 Å². The van der Waals surface area contributed by atoms with Gasteiger partial charge in [-0.3, -0.25) is 9.69 Å². The molecule has 1 aromatic heterocycles. The third-order valence-electron chi connectivity index (χ3n) is 3.60. The molecule has 0 saturated carbocycles. The van der Waals surface area contributed by atoms with E-state index >= 15 is 0 Å². The molecule has 1 aliphatic heterocycles. The van der Waals surface area contributed by atoms with Crippen LogP contribution in [0.3, 0.4) is 0 Å². The molecule has 0 unspecified atom stereocenters. The Morgan fingerprint density at radius 2 is 2.30 bits per heavy atom. The van der Waals surface area contributed by atoms with Gasteiger partial charge in [0.05, 0.1) is 13.7 Å². The SMILES string of the molecule is COC(=O)[C@@]1(C)CCCN1Cc1nc(C(C)(F)F)no1. The second-order valence-corrected chi connectivity index (χ2v) is 5.19. The van der Waals surface area contributed by atoms with E-state index in [0.29, 0.717) is 19.9 Å². The van der Waals surface area contributed by atoms with Crippen LogP contribution in [0.1, 0.15) is 38.4 Å². The van der Waals surface area contributed by atoms with Crippen LogP contribution in [-0.4, -0.2) is 40.2 Å². The number of methoxy groups -OCH3 is 1. The van der Waals surface area contributed by atoms with Crippen molar-refractivity contribution in [2.24, 2.45) is 0 Å². The molecule has 112 valence electrons. The third-order valence-corrected chi connectivity index (χ3v) is 3.60. The van der Waals surface area contributed by atoms with Crippen molar-refractivity contribution in [3.63, 3.8) is 0 Å². The average molecular weight is 289 g/mol. The summed E-state index contributed by atoms with van der Waals surface area (Å²) in [6.45, 7) is 3.26. The number of nitrogens with zero attached hydrogens (tertiary/aromatic N) is 3. The molecule has 20 heavy (non-hydrogen) atoms. The minimum Gasteiger partial charge on any atom is -0.468 e. The van der Waals surface area contributed by atoms with Crippen LogP contribution in [0.5, 0.6) is 0 Å². The molecule has 2 heterocycles. The average Bonchev–Trinajstić information content (AvgIpc) is 2.97. The second kappa shape index (κ2) is 5.08. The molecule has 1 atom stereocenters. The lowest BCUT2D eigenvalue weighted by molar-refractivity contribution is -0.152. The highest BCUT2D eigenvalue weighted by Crippen LogP contribution is 2.32. The van der Waals surface area contributed by atoms with Crippen molar-refractivity contribution >= 4 is 5.97 Å². The minimum atomic E-state index is -3.14. The topological polar surface area (TPSA) is 68.5 Å². The molecule has 0 radical (unpaired) electrons. The summed E-state index contributed by atoms with van der Waals surface area (Å²) in [5.74, 6) is -4.07. The Balaban J connectivity index is 2.13. The predicted octanol–water partition coefficient (Wildman–Crippen LogP) is 1.71. The molecule has 0 bridgehead atoms. The Bertz CT molecular complexity index is 500. The lowest BCUT2D eigenvalue weighted by Gasteiger charge is -2.31. The molecule has 1 aromatic rings. The van der Waals surface area contributed by atoms with E-state index in [4.69, 9.17) is 9.26 Å². The summed E-state index contributed by atoms with van der Waals surface area (Å²) in [7, 11) is 1.33. The monoisotopic (exact) mass is 289 g/mol. The van der Waals surface area contributed by atoms with E-state index < -0.39 is 17.3 Å². The Hall–Kier alpha value is -1.57. The van der Waals surface area contributed by atoms with Crippen LogP contribution in [0.4, 0.5) is 8.78 Å². The van der Waals surface area contributed by atoms with Gasteiger partial charge in [-0.2, -0.15) is 13.8 Å². The summed E-state index contributed by atoms with van der Waals surface area (Å²) in [6, 6.07) is 0. The van der Waals surface area contributed by atoms with Gasteiger partial charge >= 0.3 is 11.9 Å². The van der Waals surface area contributed by atoms with Gasteiger partial charge in [-0.15, -0.1) is 0 Å². The van der Waals surface area contributed by atoms with Crippen LogP contribution in [0, 0.1) is 0 Å². The molecular weight excluding hydrogens is 272 g/mol. The van der Waals surface area contributed by atoms with E-state index in [1.165, 1.54) is 7.11 Å². The quantitative estimate of drug-likeness (QED) is 0.786. The minimum absolute atomic E-state index is 0.0681. The van der Waals surface area contributed by atoms with Crippen LogP contribution in [0.2, 0.25) is 0 Å². The van der Waals surface area contributed by atoms with Crippen molar-refractivity contribution in [3.05, 3.63) is 11.7 Å². The number of likely N-dealkylation sites (tertiary alicyclic amines) is 1. The van der Waals surface area contributed by atoms with Crippen LogP contribution < -0.4 is 0 Å². The molecule has 6 nitrogen and oxygen atoms in total. The number of ether oxygens (including phenoxy) is 1. The molecular formula is C12H17F2N3O3. The zero-order chi connectivity index (χ0) is 15.0. The van der Waals surface area contributed by atoms with Gasteiger partial charge in [0.1, 0.15) is 5.54 Å². The van der Waals surface area contributed by atoms with Crippen molar-refractivity contribution in [2.45, 2.75) is 44.7 Å². The maximum absolute atomic E-state index is 13.0. The van der Waals surface area contributed by atoms with Gasteiger partial charge in [-0.25, -0.2) is 0 Å². The summed E-state index contributed by atoms with van der Waals surface area (Å²) < 4.78 is 35.7. The van der Waals surface area contributed by atoms with Crippen molar-refractivity contribution < 1.29 is 22.8 Å². The van der Waals surface area contributed by atoms with Crippen molar-refractivity contribution in [2.75, 3.05) is 13.7 Å².